The van der Waals surface area contributed by atoms with E-state index in [2.05, 4.69) is 10.3 Å². The van der Waals surface area contributed by atoms with Crippen LogP contribution in [0.2, 0.25) is 0 Å². The lowest BCUT2D eigenvalue weighted by molar-refractivity contribution is -0.116. The van der Waals surface area contributed by atoms with Crippen LogP contribution < -0.4 is 15.8 Å². The highest BCUT2D eigenvalue weighted by atomic mass is 19.1. The number of hydrogen-bond acceptors (Lipinski definition) is 5. The predicted molar refractivity (Wildman–Crippen MR) is 121 cm³/mol. The number of aryl methyl sites for hydroxylation is 1. The summed E-state index contributed by atoms with van der Waals surface area (Å²) in [6.07, 6.45) is 5.01. The Bertz CT molecular complexity index is 1280. The van der Waals surface area contributed by atoms with Gasteiger partial charge in [-0.15, -0.1) is 0 Å². The van der Waals surface area contributed by atoms with Gasteiger partial charge in [-0.05, 0) is 35.4 Å². The van der Waals surface area contributed by atoms with E-state index in [0.717, 1.165) is 5.56 Å². The largest absolute Gasteiger partial charge is 0.447 e. The highest BCUT2D eigenvalue weighted by Crippen LogP contribution is 2.28. The number of cyclic esters (lactones) is 1. The molecular weight excluding hydrogens is 427 g/mol. The first-order valence-electron chi connectivity index (χ1n) is 10.2. The molecule has 0 aliphatic carbocycles. The van der Waals surface area contributed by atoms with E-state index < -0.39 is 11.9 Å². The summed E-state index contributed by atoms with van der Waals surface area (Å²) >= 11 is 0. The van der Waals surface area contributed by atoms with Crippen molar-refractivity contribution in [2.75, 3.05) is 18.1 Å². The molecule has 1 fully saturated rings. The van der Waals surface area contributed by atoms with Crippen LogP contribution in [0.1, 0.15) is 11.1 Å². The molecule has 1 aliphatic heterocycles. The molecule has 1 N–H and O–H groups in total. The fourth-order valence-electron chi connectivity index (χ4n) is 3.39. The highest BCUT2D eigenvalue weighted by Gasteiger charge is 2.24. The van der Waals surface area contributed by atoms with Crippen molar-refractivity contribution < 1.29 is 18.7 Å². The molecular formula is C24H21FN4O4. The van der Waals surface area contributed by atoms with Gasteiger partial charge in [-0.3, -0.25) is 14.5 Å². The minimum atomic E-state index is -0.480. The van der Waals surface area contributed by atoms with Crippen molar-refractivity contribution in [3.05, 3.63) is 88.4 Å². The van der Waals surface area contributed by atoms with Gasteiger partial charge in [0, 0.05) is 31.4 Å². The lowest BCUT2D eigenvalue weighted by Gasteiger charge is -2.14. The zero-order chi connectivity index (χ0) is 23.4. The zero-order valence-corrected chi connectivity index (χ0v) is 17.8. The summed E-state index contributed by atoms with van der Waals surface area (Å²) in [5.41, 5.74) is 2.43. The van der Waals surface area contributed by atoms with Gasteiger partial charge in [-0.2, -0.15) is 0 Å². The average molecular weight is 448 g/mol. The maximum atomic E-state index is 14.7. The van der Waals surface area contributed by atoms with Crippen molar-refractivity contribution >= 4 is 23.8 Å². The summed E-state index contributed by atoms with van der Waals surface area (Å²) in [4.78, 5) is 41.0. The Kier molecular flexibility index (Phi) is 6.30. The van der Waals surface area contributed by atoms with Crippen LogP contribution in [0.15, 0.2) is 65.9 Å². The summed E-state index contributed by atoms with van der Waals surface area (Å²) in [6.45, 7) is 0.955. The molecule has 2 amide bonds. The van der Waals surface area contributed by atoms with Crippen LogP contribution in [0.3, 0.4) is 0 Å². The lowest BCUT2D eigenvalue weighted by atomic mass is 10.0. The van der Waals surface area contributed by atoms with Crippen LogP contribution in [0.25, 0.3) is 17.2 Å². The number of nitrogens with one attached hydrogen (secondary N) is 1. The van der Waals surface area contributed by atoms with Gasteiger partial charge in [0.25, 0.3) is 5.56 Å². The number of carbonyl (C=O) groups is 2. The molecule has 0 spiro atoms. The maximum absolute atomic E-state index is 14.7. The van der Waals surface area contributed by atoms with Crippen LogP contribution in [-0.4, -0.2) is 34.7 Å². The predicted octanol–water partition coefficient (Wildman–Crippen LogP) is 2.87. The molecule has 33 heavy (non-hydrogen) atoms. The molecule has 4 rings (SSSR count). The van der Waals surface area contributed by atoms with E-state index >= 15 is 0 Å². The Morgan fingerprint density at radius 2 is 2.00 bits per heavy atom. The van der Waals surface area contributed by atoms with Crippen LogP contribution in [0, 0.1) is 5.82 Å². The van der Waals surface area contributed by atoms with Gasteiger partial charge < -0.3 is 14.6 Å². The third kappa shape index (κ3) is 4.98. The number of ether oxygens (including phenoxy) is 1. The van der Waals surface area contributed by atoms with Gasteiger partial charge in [0.2, 0.25) is 5.91 Å². The number of aromatic nitrogens is 2. The summed E-state index contributed by atoms with van der Waals surface area (Å²) < 4.78 is 20.9. The fraction of sp³-hybridized carbons (Fsp3) is 0.167. The first-order chi connectivity index (χ1) is 15.9. The number of carbonyl (C=O) groups excluding carboxylic acids is 2. The van der Waals surface area contributed by atoms with Gasteiger partial charge in [-0.25, -0.2) is 14.2 Å². The Labute approximate surface area is 188 Å². The Hall–Kier alpha value is -4.27. The molecule has 0 atom stereocenters. The van der Waals surface area contributed by atoms with Gasteiger partial charge >= 0.3 is 6.09 Å². The van der Waals surface area contributed by atoms with Crippen molar-refractivity contribution in [1.29, 1.82) is 0 Å². The summed E-state index contributed by atoms with van der Waals surface area (Å²) in [5, 5.41) is 2.74. The van der Waals surface area contributed by atoms with Gasteiger partial charge in [0.1, 0.15) is 12.4 Å². The molecule has 2 heterocycles. The monoisotopic (exact) mass is 448 g/mol. The number of amides is 2. The molecule has 3 aromatic rings. The van der Waals surface area contributed by atoms with E-state index in [0.29, 0.717) is 28.9 Å². The first-order valence-corrected chi connectivity index (χ1v) is 10.2. The Morgan fingerprint density at radius 3 is 2.70 bits per heavy atom. The molecule has 2 aromatic carbocycles. The van der Waals surface area contributed by atoms with E-state index in [9.17, 15) is 18.8 Å². The van der Waals surface area contributed by atoms with E-state index in [1.54, 1.807) is 43.4 Å². The van der Waals surface area contributed by atoms with Crippen molar-refractivity contribution in [2.45, 2.75) is 6.54 Å². The maximum Gasteiger partial charge on any atom is 0.414 e. The summed E-state index contributed by atoms with van der Waals surface area (Å²) in [6, 6.07) is 11.7. The minimum absolute atomic E-state index is 0.245. The van der Waals surface area contributed by atoms with Crippen LogP contribution >= 0.6 is 0 Å². The molecule has 1 aromatic heterocycles. The Morgan fingerprint density at radius 1 is 1.21 bits per heavy atom. The SMILES string of the molecule is Cn1cncc(/C=C/C(=O)NCc2ccc(-c3ccc(N4CCOC4=O)cc3F)cc2)c1=O. The molecule has 9 heteroatoms. The summed E-state index contributed by atoms with van der Waals surface area (Å²) in [7, 11) is 1.58. The molecule has 8 nitrogen and oxygen atoms in total. The van der Waals surface area contributed by atoms with E-state index in [4.69, 9.17) is 4.74 Å². The number of anilines is 1. The molecule has 1 aliphatic rings. The highest BCUT2D eigenvalue weighted by molar-refractivity contribution is 5.91. The van der Waals surface area contributed by atoms with Crippen molar-refractivity contribution in [2.24, 2.45) is 7.05 Å². The summed E-state index contributed by atoms with van der Waals surface area (Å²) in [5.74, 6) is -0.799. The number of rotatable bonds is 6. The number of hydrogen-bond donors (Lipinski definition) is 1. The number of halogens is 1. The van der Waals surface area contributed by atoms with E-state index in [1.807, 2.05) is 0 Å². The third-order valence-electron chi connectivity index (χ3n) is 5.19. The smallest absolute Gasteiger partial charge is 0.414 e. The van der Waals surface area contributed by atoms with Crippen molar-refractivity contribution in [3.63, 3.8) is 0 Å². The second-order valence-electron chi connectivity index (χ2n) is 7.44. The second-order valence-corrected chi connectivity index (χ2v) is 7.44. The van der Waals surface area contributed by atoms with Crippen LogP contribution in [0.4, 0.5) is 14.9 Å². The van der Waals surface area contributed by atoms with Crippen molar-refractivity contribution in [3.8, 4) is 11.1 Å². The van der Waals surface area contributed by atoms with Crippen LogP contribution in [-0.2, 0) is 23.1 Å². The van der Waals surface area contributed by atoms with Gasteiger partial charge in [0.05, 0.1) is 24.1 Å². The molecule has 0 radical (unpaired) electrons. The quantitative estimate of drug-likeness (QED) is 0.586. The molecule has 168 valence electrons. The average Bonchev–Trinajstić information content (AvgIpc) is 3.25. The second kappa shape index (κ2) is 9.47. The van der Waals surface area contributed by atoms with E-state index in [-0.39, 0.29) is 24.6 Å². The molecule has 0 unspecified atom stereocenters. The van der Waals surface area contributed by atoms with Gasteiger partial charge in [-0.1, -0.05) is 24.3 Å². The number of nitrogens with zero attached hydrogens (tertiary/aromatic N) is 3. The van der Waals surface area contributed by atoms with E-state index in [1.165, 1.54) is 40.2 Å². The van der Waals surface area contributed by atoms with Gasteiger partial charge in [0.15, 0.2) is 0 Å². The normalized spacial score (nSPS) is 13.4. The molecule has 1 saturated heterocycles. The number of benzene rings is 2. The molecule has 0 saturated carbocycles. The van der Waals surface area contributed by atoms with Crippen molar-refractivity contribution in [1.82, 2.24) is 14.9 Å². The lowest BCUT2D eigenvalue weighted by Crippen LogP contribution is -2.23. The molecule has 0 bridgehead atoms. The van der Waals surface area contributed by atoms with Crippen LogP contribution in [0.5, 0.6) is 0 Å². The zero-order valence-electron chi connectivity index (χ0n) is 17.8. The first kappa shape index (κ1) is 21.9. The fourth-order valence-corrected chi connectivity index (χ4v) is 3.39. The Balaban J connectivity index is 1.38. The minimum Gasteiger partial charge on any atom is -0.447 e. The third-order valence-corrected chi connectivity index (χ3v) is 5.19. The topological polar surface area (TPSA) is 93.5 Å². The standard InChI is InChI=1S/C24H21FN4O4/c1-28-15-26-14-18(23(28)31)6-9-22(30)27-13-16-2-4-17(5-3-16)20-8-7-19(12-21(20)25)29-10-11-33-24(29)32/h2-9,12,14-15H,10-11,13H2,1H3,(H,27,30)/b9-6+.